The maximum absolute atomic E-state index is 14.0. The van der Waals surface area contributed by atoms with Crippen molar-refractivity contribution in [1.29, 1.82) is 0 Å². The van der Waals surface area contributed by atoms with Crippen LogP contribution in [0.5, 0.6) is 5.75 Å². The number of nitrogens with zero attached hydrogens (tertiary/aromatic N) is 3. The van der Waals surface area contributed by atoms with Gasteiger partial charge in [0, 0.05) is 35.3 Å². The van der Waals surface area contributed by atoms with E-state index in [0.717, 1.165) is 38.9 Å². The molecule has 2 aromatic carbocycles. The number of carbonyl (C=O) groups excluding carboxylic acids is 2. The number of rotatable bonds is 7. The average molecular weight is 500 g/mol. The summed E-state index contributed by atoms with van der Waals surface area (Å²) in [4.78, 5) is 33.1. The molecule has 1 aliphatic rings. The number of ketones is 1. The lowest BCUT2D eigenvalue weighted by atomic mass is 9.98. The number of oxime groups is 1. The largest absolute Gasteiger partial charge is 0.497 e. The minimum atomic E-state index is -0.150. The maximum Gasteiger partial charge on any atom is 0.227 e. The van der Waals surface area contributed by atoms with Gasteiger partial charge in [0.25, 0.3) is 0 Å². The van der Waals surface area contributed by atoms with Crippen LogP contribution in [-0.4, -0.2) is 34.7 Å². The fraction of sp³-hybridized carbons (Fsp3) is 0.214. The number of hydrogen-bond acceptors (Lipinski definition) is 7. The van der Waals surface area contributed by atoms with Crippen molar-refractivity contribution < 1.29 is 19.5 Å². The Bertz CT molecular complexity index is 1490. The van der Waals surface area contributed by atoms with Gasteiger partial charge in [0.2, 0.25) is 5.91 Å². The van der Waals surface area contributed by atoms with Crippen LogP contribution in [0.4, 0.5) is 5.00 Å². The van der Waals surface area contributed by atoms with E-state index in [1.165, 1.54) is 11.3 Å². The van der Waals surface area contributed by atoms with Crippen LogP contribution in [0.3, 0.4) is 0 Å². The topological polar surface area (TPSA) is 92.1 Å². The molecule has 0 atom stereocenters. The number of benzene rings is 2. The van der Waals surface area contributed by atoms with E-state index in [0.29, 0.717) is 41.2 Å². The van der Waals surface area contributed by atoms with E-state index in [2.05, 4.69) is 10.1 Å². The third kappa shape index (κ3) is 4.24. The molecule has 7 nitrogen and oxygen atoms in total. The van der Waals surface area contributed by atoms with Crippen LogP contribution in [0.25, 0.3) is 10.1 Å². The minimum absolute atomic E-state index is 0.0721. The van der Waals surface area contributed by atoms with Crippen LogP contribution in [0, 0.1) is 0 Å². The molecule has 0 bridgehead atoms. The Labute approximate surface area is 212 Å². The van der Waals surface area contributed by atoms with Crippen LogP contribution in [0.15, 0.2) is 66.1 Å². The lowest BCUT2D eigenvalue weighted by molar-refractivity contribution is -0.118. The molecule has 0 unspecified atom stereocenters. The quantitative estimate of drug-likeness (QED) is 0.203. The van der Waals surface area contributed by atoms with Gasteiger partial charge in [-0.3, -0.25) is 19.5 Å². The number of thiophene rings is 1. The Balaban J connectivity index is 1.61. The van der Waals surface area contributed by atoms with E-state index < -0.39 is 0 Å². The van der Waals surface area contributed by atoms with Gasteiger partial charge in [0.1, 0.15) is 10.8 Å². The van der Waals surface area contributed by atoms with Crippen molar-refractivity contribution in [2.45, 2.75) is 32.7 Å². The summed E-state index contributed by atoms with van der Waals surface area (Å²) in [6.07, 6.45) is 5.06. The van der Waals surface area contributed by atoms with E-state index in [9.17, 15) is 14.8 Å². The molecule has 1 aliphatic carbocycles. The van der Waals surface area contributed by atoms with Crippen molar-refractivity contribution in [2.75, 3.05) is 12.0 Å². The summed E-state index contributed by atoms with van der Waals surface area (Å²) >= 11 is 1.40. The molecule has 36 heavy (non-hydrogen) atoms. The Kier molecular flexibility index (Phi) is 6.52. The molecule has 0 saturated heterocycles. The van der Waals surface area contributed by atoms with Crippen LogP contribution in [0.1, 0.15) is 52.4 Å². The van der Waals surface area contributed by atoms with Crippen LogP contribution >= 0.6 is 11.3 Å². The van der Waals surface area contributed by atoms with Crippen LogP contribution < -0.4 is 9.64 Å². The number of aromatic nitrogens is 1. The number of ether oxygens (including phenoxy) is 1. The van der Waals surface area contributed by atoms with E-state index in [-0.39, 0.29) is 11.7 Å². The fourth-order valence-corrected chi connectivity index (χ4v) is 5.77. The second-order valence-electron chi connectivity index (χ2n) is 8.58. The first-order valence-electron chi connectivity index (χ1n) is 11.7. The number of amides is 1. The summed E-state index contributed by atoms with van der Waals surface area (Å²) in [6.45, 7) is 2.15. The Morgan fingerprint density at radius 3 is 2.67 bits per heavy atom. The highest BCUT2D eigenvalue weighted by Crippen LogP contribution is 2.40. The predicted molar refractivity (Wildman–Crippen MR) is 141 cm³/mol. The predicted octanol–water partition coefficient (Wildman–Crippen LogP) is 5.60. The van der Waals surface area contributed by atoms with E-state index in [1.807, 2.05) is 49.4 Å². The average Bonchev–Trinajstić information content (AvgIpc) is 3.52. The molecule has 2 aromatic heterocycles. The third-order valence-electron chi connectivity index (χ3n) is 6.48. The number of methoxy groups -OCH3 is 1. The summed E-state index contributed by atoms with van der Waals surface area (Å²) in [5.41, 5.74) is 4.46. The number of pyridine rings is 1. The minimum Gasteiger partial charge on any atom is -0.497 e. The smallest absolute Gasteiger partial charge is 0.227 e. The second kappa shape index (κ2) is 9.91. The SMILES string of the molecule is CCC(=O)N(Cc1ccc(OC)cc1)c1sc2cnccc2c1C(=O)c1ccc2c(c1)CC/C2=N\O. The zero-order valence-corrected chi connectivity index (χ0v) is 20.8. The molecule has 5 rings (SSSR count). The molecule has 0 fully saturated rings. The highest BCUT2D eigenvalue weighted by Gasteiger charge is 2.28. The molecular formula is C28H25N3O4S. The van der Waals surface area contributed by atoms with Gasteiger partial charge in [-0.05, 0) is 48.2 Å². The standard InChI is InChI=1S/C28H25N3O4S/c1-3-25(32)31(16-17-4-8-20(35-2)9-5-17)28-26(22-12-13-29-15-24(22)36-28)27(33)19-6-10-21-18(14-19)7-11-23(21)30-34/h4-6,8-10,12-15,34H,3,7,11,16H2,1-2H3/b30-23+. The third-order valence-corrected chi connectivity index (χ3v) is 7.64. The Hall–Kier alpha value is -4.04. The molecular weight excluding hydrogens is 474 g/mol. The van der Waals surface area contributed by atoms with Crippen molar-refractivity contribution in [3.05, 3.63) is 88.7 Å². The van der Waals surface area contributed by atoms with Gasteiger partial charge in [0.05, 0.1) is 29.6 Å². The molecule has 8 heteroatoms. The first-order valence-corrected chi connectivity index (χ1v) is 12.5. The van der Waals surface area contributed by atoms with Gasteiger partial charge in [-0.2, -0.15) is 0 Å². The normalized spacial score (nSPS) is 13.7. The lowest BCUT2D eigenvalue weighted by Gasteiger charge is -2.22. The first-order chi connectivity index (χ1) is 17.5. The fourth-order valence-electron chi connectivity index (χ4n) is 4.58. The van der Waals surface area contributed by atoms with Crippen molar-refractivity contribution in [2.24, 2.45) is 5.16 Å². The molecule has 182 valence electrons. The Morgan fingerprint density at radius 2 is 1.94 bits per heavy atom. The molecule has 2 heterocycles. The van der Waals surface area contributed by atoms with E-state index in [4.69, 9.17) is 4.74 Å². The molecule has 4 aromatic rings. The second-order valence-corrected chi connectivity index (χ2v) is 9.61. The number of carbonyl (C=O) groups is 2. The van der Waals surface area contributed by atoms with Gasteiger partial charge in [-0.1, -0.05) is 36.3 Å². The van der Waals surface area contributed by atoms with Gasteiger partial charge in [0.15, 0.2) is 5.78 Å². The van der Waals surface area contributed by atoms with Crippen molar-refractivity contribution >= 4 is 43.8 Å². The number of fused-ring (bicyclic) bond motifs is 2. The number of anilines is 1. The van der Waals surface area contributed by atoms with E-state index >= 15 is 0 Å². The van der Waals surface area contributed by atoms with Crippen molar-refractivity contribution in [3.63, 3.8) is 0 Å². The number of aryl methyl sites for hydroxylation is 1. The van der Waals surface area contributed by atoms with E-state index in [1.54, 1.807) is 30.5 Å². The monoisotopic (exact) mass is 499 g/mol. The molecule has 0 radical (unpaired) electrons. The first kappa shape index (κ1) is 23.7. The zero-order chi connectivity index (χ0) is 25.2. The highest BCUT2D eigenvalue weighted by atomic mass is 32.1. The molecule has 0 saturated carbocycles. The lowest BCUT2D eigenvalue weighted by Crippen LogP contribution is -2.30. The van der Waals surface area contributed by atoms with Gasteiger partial charge in [-0.15, -0.1) is 11.3 Å². The highest BCUT2D eigenvalue weighted by molar-refractivity contribution is 7.23. The van der Waals surface area contributed by atoms with Gasteiger partial charge >= 0.3 is 0 Å². The van der Waals surface area contributed by atoms with Gasteiger partial charge in [-0.25, -0.2) is 0 Å². The van der Waals surface area contributed by atoms with Crippen LogP contribution in [-0.2, 0) is 17.8 Å². The summed E-state index contributed by atoms with van der Waals surface area (Å²) in [5, 5.41) is 14.0. The molecule has 1 amide bonds. The molecule has 1 N–H and O–H groups in total. The summed E-state index contributed by atoms with van der Waals surface area (Å²) in [7, 11) is 1.61. The summed E-state index contributed by atoms with van der Waals surface area (Å²) in [5.74, 6) is 0.516. The summed E-state index contributed by atoms with van der Waals surface area (Å²) < 4.78 is 6.10. The zero-order valence-electron chi connectivity index (χ0n) is 20.0. The molecule has 0 aliphatic heterocycles. The Morgan fingerprint density at radius 1 is 1.14 bits per heavy atom. The van der Waals surface area contributed by atoms with Crippen molar-refractivity contribution in [3.8, 4) is 5.75 Å². The number of hydrogen-bond donors (Lipinski definition) is 1. The maximum atomic E-state index is 14.0. The molecule has 0 spiro atoms. The van der Waals surface area contributed by atoms with Gasteiger partial charge < -0.3 is 9.94 Å². The van der Waals surface area contributed by atoms with Crippen molar-refractivity contribution in [1.82, 2.24) is 4.98 Å². The summed E-state index contributed by atoms with van der Waals surface area (Å²) in [6, 6.07) is 14.9. The van der Waals surface area contributed by atoms with Crippen LogP contribution in [0.2, 0.25) is 0 Å².